The predicted molar refractivity (Wildman–Crippen MR) is 108 cm³/mol. The van der Waals surface area contributed by atoms with Gasteiger partial charge in [0.2, 0.25) is 0 Å². The molecular weight excluding hydrogens is 352 g/mol. The number of benzene rings is 2. The third-order valence-electron chi connectivity index (χ3n) is 3.81. The van der Waals surface area contributed by atoms with Crippen LogP contribution in [0.4, 0.5) is 5.69 Å². The fraction of sp³-hybridized carbons (Fsp3) is 0.350. The second kappa shape index (κ2) is 10.6. The van der Waals surface area contributed by atoms with E-state index in [0.29, 0.717) is 37.4 Å². The molecule has 0 aromatic heterocycles. The minimum absolute atomic E-state index is 0. The van der Waals surface area contributed by atoms with Crippen molar-refractivity contribution in [3.05, 3.63) is 53.1 Å². The average Bonchev–Trinajstić information content (AvgIpc) is 2.59. The second-order valence-corrected chi connectivity index (χ2v) is 5.73. The molecule has 0 aliphatic rings. The van der Waals surface area contributed by atoms with Gasteiger partial charge in [0.05, 0.1) is 13.2 Å². The third-order valence-corrected chi connectivity index (χ3v) is 3.81. The molecule has 0 aliphatic heterocycles. The summed E-state index contributed by atoms with van der Waals surface area (Å²) in [5, 5.41) is 2.94. The number of ether oxygens (including phenoxy) is 2. The Labute approximate surface area is 161 Å². The molecule has 0 aliphatic carbocycles. The van der Waals surface area contributed by atoms with Crippen molar-refractivity contribution in [2.45, 2.75) is 27.2 Å². The van der Waals surface area contributed by atoms with E-state index in [1.54, 1.807) is 12.1 Å². The number of aryl methyl sites for hydroxylation is 1. The highest BCUT2D eigenvalue weighted by Gasteiger charge is 2.10. The molecule has 0 heterocycles. The van der Waals surface area contributed by atoms with Gasteiger partial charge >= 0.3 is 0 Å². The van der Waals surface area contributed by atoms with Gasteiger partial charge in [-0.15, -0.1) is 12.4 Å². The van der Waals surface area contributed by atoms with Gasteiger partial charge in [0.25, 0.3) is 5.91 Å². The summed E-state index contributed by atoms with van der Waals surface area (Å²) in [4.78, 5) is 12.3. The predicted octanol–water partition coefficient (Wildman–Crippen LogP) is 3.77. The molecule has 26 heavy (non-hydrogen) atoms. The Bertz CT molecular complexity index is 735. The van der Waals surface area contributed by atoms with Gasteiger partial charge in [0.15, 0.2) is 11.5 Å². The fourth-order valence-corrected chi connectivity index (χ4v) is 2.55. The maximum absolute atomic E-state index is 12.3. The molecule has 0 bridgehead atoms. The molecule has 0 unspecified atom stereocenters. The van der Waals surface area contributed by atoms with Crippen LogP contribution in [-0.4, -0.2) is 25.7 Å². The van der Waals surface area contributed by atoms with E-state index in [4.69, 9.17) is 15.2 Å². The first-order chi connectivity index (χ1) is 12.0. The molecule has 142 valence electrons. The van der Waals surface area contributed by atoms with E-state index < -0.39 is 0 Å². The highest BCUT2D eigenvalue weighted by atomic mass is 35.5. The van der Waals surface area contributed by atoms with Crippen LogP contribution in [-0.2, 0) is 6.42 Å². The molecule has 0 atom stereocenters. The first kappa shape index (κ1) is 21.6. The lowest BCUT2D eigenvalue weighted by Gasteiger charge is -2.13. The lowest BCUT2D eigenvalue weighted by molar-refractivity contribution is 0.0953. The van der Waals surface area contributed by atoms with Crippen LogP contribution in [0.25, 0.3) is 0 Å². The minimum atomic E-state index is -0.110. The Balaban J connectivity index is 0.00000338. The van der Waals surface area contributed by atoms with Gasteiger partial charge in [0, 0.05) is 17.8 Å². The highest BCUT2D eigenvalue weighted by molar-refractivity contribution is 5.96. The molecule has 2 aromatic rings. The van der Waals surface area contributed by atoms with Gasteiger partial charge in [0.1, 0.15) is 0 Å². The summed E-state index contributed by atoms with van der Waals surface area (Å²) in [6.07, 6.45) is 0.708. The Kier molecular flexibility index (Phi) is 8.79. The fourth-order valence-electron chi connectivity index (χ4n) is 2.55. The number of nitrogen functional groups attached to an aromatic ring is 1. The van der Waals surface area contributed by atoms with Gasteiger partial charge in [-0.3, -0.25) is 4.79 Å². The number of rotatable bonds is 8. The summed E-state index contributed by atoms with van der Waals surface area (Å²) in [6.45, 7) is 7.49. The average molecular weight is 379 g/mol. The number of carbonyl (C=O) groups is 1. The number of hydrogen-bond acceptors (Lipinski definition) is 4. The van der Waals surface area contributed by atoms with Crippen molar-refractivity contribution in [2.75, 3.05) is 25.5 Å². The highest BCUT2D eigenvalue weighted by Crippen LogP contribution is 2.28. The number of nitrogens with two attached hydrogens (primary N) is 1. The lowest BCUT2D eigenvalue weighted by atomic mass is 10.1. The normalized spacial score (nSPS) is 9.96. The van der Waals surface area contributed by atoms with Crippen molar-refractivity contribution < 1.29 is 14.3 Å². The van der Waals surface area contributed by atoms with E-state index in [-0.39, 0.29) is 18.3 Å². The van der Waals surface area contributed by atoms with Crippen molar-refractivity contribution in [1.29, 1.82) is 0 Å². The minimum Gasteiger partial charge on any atom is -0.490 e. The van der Waals surface area contributed by atoms with Crippen molar-refractivity contribution in [3.63, 3.8) is 0 Å². The van der Waals surface area contributed by atoms with E-state index >= 15 is 0 Å². The number of nitrogens with one attached hydrogen (secondary N) is 1. The maximum atomic E-state index is 12.3. The molecule has 0 saturated heterocycles. The molecule has 2 aromatic carbocycles. The first-order valence-electron chi connectivity index (χ1n) is 8.58. The van der Waals surface area contributed by atoms with E-state index in [0.717, 1.165) is 22.6 Å². The number of carbonyl (C=O) groups excluding carboxylic acids is 1. The topological polar surface area (TPSA) is 73.6 Å². The maximum Gasteiger partial charge on any atom is 0.251 e. The third kappa shape index (κ3) is 5.85. The van der Waals surface area contributed by atoms with Crippen molar-refractivity contribution in [2.24, 2.45) is 0 Å². The molecule has 1 amide bonds. The Morgan fingerprint density at radius 1 is 1.04 bits per heavy atom. The zero-order valence-corrected chi connectivity index (χ0v) is 16.3. The molecule has 0 spiro atoms. The molecule has 0 fully saturated rings. The molecule has 5 nitrogen and oxygen atoms in total. The Morgan fingerprint density at radius 2 is 1.73 bits per heavy atom. The van der Waals surface area contributed by atoms with Crippen molar-refractivity contribution >= 4 is 24.0 Å². The Morgan fingerprint density at radius 3 is 2.42 bits per heavy atom. The summed E-state index contributed by atoms with van der Waals surface area (Å²) in [7, 11) is 0. The largest absolute Gasteiger partial charge is 0.490 e. The van der Waals surface area contributed by atoms with Gasteiger partial charge in [-0.2, -0.15) is 0 Å². The summed E-state index contributed by atoms with van der Waals surface area (Å²) in [5.74, 6) is 1.37. The van der Waals surface area contributed by atoms with Crippen LogP contribution in [0.2, 0.25) is 0 Å². The van der Waals surface area contributed by atoms with Crippen molar-refractivity contribution in [3.8, 4) is 11.5 Å². The standard InChI is InChI=1S/C20H26N2O3.ClH/c1-4-24-18-9-7-15(12-19(18)25-5-2)10-11-22-20(23)17-13-16(21)8-6-14(17)3;/h6-9,12-13H,4-5,10-11,21H2,1-3H3,(H,22,23);1H. The van der Waals surface area contributed by atoms with Gasteiger partial charge in [-0.25, -0.2) is 0 Å². The summed E-state index contributed by atoms with van der Waals surface area (Å²) in [5.41, 5.74) is 8.95. The second-order valence-electron chi connectivity index (χ2n) is 5.73. The molecule has 6 heteroatoms. The molecule has 0 radical (unpaired) electrons. The van der Waals surface area contributed by atoms with E-state index in [1.165, 1.54) is 0 Å². The SMILES string of the molecule is CCOc1ccc(CCNC(=O)c2cc(N)ccc2C)cc1OCC.Cl. The number of halogens is 1. The van der Waals surface area contributed by atoms with E-state index in [1.807, 2.05) is 45.0 Å². The van der Waals surface area contributed by atoms with Gasteiger partial charge in [-0.1, -0.05) is 12.1 Å². The van der Waals surface area contributed by atoms with Crippen LogP contribution in [0, 0.1) is 6.92 Å². The summed E-state index contributed by atoms with van der Waals surface area (Å²) < 4.78 is 11.2. The smallest absolute Gasteiger partial charge is 0.251 e. The number of anilines is 1. The van der Waals surface area contributed by atoms with Crippen LogP contribution >= 0.6 is 12.4 Å². The van der Waals surface area contributed by atoms with Crippen LogP contribution in [0.3, 0.4) is 0 Å². The number of amides is 1. The van der Waals surface area contributed by atoms with E-state index in [2.05, 4.69) is 5.32 Å². The molecular formula is C20H27ClN2O3. The van der Waals surface area contributed by atoms with Crippen molar-refractivity contribution in [1.82, 2.24) is 5.32 Å². The lowest BCUT2D eigenvalue weighted by Crippen LogP contribution is -2.26. The van der Waals surface area contributed by atoms with Gasteiger partial charge in [-0.05, 0) is 62.6 Å². The quantitative estimate of drug-likeness (QED) is 0.686. The van der Waals surface area contributed by atoms with Crippen LogP contribution in [0.5, 0.6) is 11.5 Å². The van der Waals surface area contributed by atoms with Crippen LogP contribution < -0.4 is 20.5 Å². The van der Waals surface area contributed by atoms with E-state index in [9.17, 15) is 4.79 Å². The van der Waals surface area contributed by atoms with Crippen LogP contribution in [0.1, 0.15) is 35.3 Å². The molecule has 3 N–H and O–H groups in total. The molecule has 0 saturated carbocycles. The number of hydrogen-bond donors (Lipinski definition) is 2. The summed E-state index contributed by atoms with van der Waals surface area (Å²) in [6, 6.07) is 11.2. The zero-order chi connectivity index (χ0) is 18.2. The summed E-state index contributed by atoms with van der Waals surface area (Å²) >= 11 is 0. The zero-order valence-electron chi connectivity index (χ0n) is 15.5. The first-order valence-corrected chi connectivity index (χ1v) is 8.58. The monoisotopic (exact) mass is 378 g/mol. The Hall–Kier alpha value is -2.40. The molecule has 2 rings (SSSR count). The van der Waals surface area contributed by atoms with Gasteiger partial charge < -0.3 is 20.5 Å². The van der Waals surface area contributed by atoms with Crippen LogP contribution in [0.15, 0.2) is 36.4 Å².